The Morgan fingerprint density at radius 2 is 1.79 bits per heavy atom. The topological polar surface area (TPSA) is 87.9 Å². The van der Waals surface area contributed by atoms with Crippen LogP contribution in [0.5, 0.6) is 17.2 Å². The summed E-state index contributed by atoms with van der Waals surface area (Å²) >= 11 is 3.34. The summed E-state index contributed by atoms with van der Waals surface area (Å²) in [6, 6.07) is 11.3. The molecule has 8 heteroatoms. The van der Waals surface area contributed by atoms with Crippen molar-refractivity contribution in [3.8, 4) is 17.2 Å². The maximum absolute atomic E-state index is 12.1. The highest BCUT2D eigenvalue weighted by molar-refractivity contribution is 9.10. The van der Waals surface area contributed by atoms with Crippen molar-refractivity contribution < 1.29 is 23.9 Å². The quantitative estimate of drug-likeness (QED) is 0.174. The summed E-state index contributed by atoms with van der Waals surface area (Å²) in [6.45, 7) is 3.91. The number of carbonyl (C=O) groups is 1. The minimum atomic E-state index is -0.984. The summed E-state index contributed by atoms with van der Waals surface area (Å²) in [6.07, 6.45) is 2.96. The number of ether oxygens (including phenoxy) is 3. The normalized spacial score (nSPS) is 11.6. The Morgan fingerprint density at radius 1 is 1.10 bits per heavy atom. The maximum Gasteiger partial charge on any atom is 0.347 e. The van der Waals surface area contributed by atoms with E-state index in [1.54, 1.807) is 12.1 Å². The molecule has 0 aliphatic heterocycles. The minimum Gasteiger partial charge on any atom is -0.472 e. The third kappa shape index (κ3) is 7.38. The summed E-state index contributed by atoms with van der Waals surface area (Å²) < 4.78 is 17.3. The lowest BCUT2D eigenvalue weighted by Gasteiger charge is -2.15. The van der Waals surface area contributed by atoms with Crippen LogP contribution in [0.15, 0.2) is 46.9 Å². The largest absolute Gasteiger partial charge is 0.472 e. The number of nitro benzene ring substituents is 1. The zero-order chi connectivity index (χ0) is 21.2. The van der Waals surface area contributed by atoms with Gasteiger partial charge in [-0.15, -0.1) is 0 Å². The molecule has 0 bridgehead atoms. The molecule has 0 N–H and O–H groups in total. The molecule has 0 aliphatic carbocycles. The molecular weight excluding hydrogens is 442 g/mol. The number of hydrogen-bond acceptors (Lipinski definition) is 6. The Morgan fingerprint density at radius 3 is 2.45 bits per heavy atom. The Labute approximate surface area is 178 Å². The van der Waals surface area contributed by atoms with Gasteiger partial charge in [-0.1, -0.05) is 42.1 Å². The molecule has 1 atom stereocenters. The molecule has 1 unspecified atom stereocenters. The fourth-order valence-electron chi connectivity index (χ4n) is 2.50. The van der Waals surface area contributed by atoms with Gasteiger partial charge in [-0.2, -0.15) is 0 Å². The lowest BCUT2D eigenvalue weighted by atomic mass is 10.2. The van der Waals surface area contributed by atoms with Crippen LogP contribution in [-0.2, 0) is 9.53 Å². The second-order valence-corrected chi connectivity index (χ2v) is 7.35. The Kier molecular flexibility index (Phi) is 8.92. The first-order valence-electron chi connectivity index (χ1n) is 9.46. The van der Waals surface area contributed by atoms with Crippen molar-refractivity contribution in [1.82, 2.24) is 0 Å². The molecular formula is C21H24BrNO6. The van der Waals surface area contributed by atoms with E-state index >= 15 is 0 Å². The number of nitro groups is 1. The van der Waals surface area contributed by atoms with Crippen molar-refractivity contribution in [2.24, 2.45) is 0 Å². The van der Waals surface area contributed by atoms with E-state index in [1.165, 1.54) is 25.1 Å². The molecule has 156 valence electrons. The van der Waals surface area contributed by atoms with Gasteiger partial charge in [0.1, 0.15) is 11.5 Å². The summed E-state index contributed by atoms with van der Waals surface area (Å²) in [4.78, 5) is 22.9. The number of halogens is 1. The van der Waals surface area contributed by atoms with Crippen LogP contribution in [-0.4, -0.2) is 23.6 Å². The highest BCUT2D eigenvalue weighted by Crippen LogP contribution is 2.34. The first kappa shape index (κ1) is 22.7. The van der Waals surface area contributed by atoms with Crippen molar-refractivity contribution in [2.75, 3.05) is 6.61 Å². The van der Waals surface area contributed by atoms with Crippen LogP contribution in [0.1, 0.15) is 39.5 Å². The van der Waals surface area contributed by atoms with Gasteiger partial charge in [0.15, 0.2) is 6.10 Å². The molecule has 0 saturated carbocycles. The lowest BCUT2D eigenvalue weighted by Crippen LogP contribution is -2.26. The van der Waals surface area contributed by atoms with Crippen molar-refractivity contribution in [1.29, 1.82) is 0 Å². The second kappa shape index (κ2) is 11.4. The average molecular weight is 466 g/mol. The van der Waals surface area contributed by atoms with Gasteiger partial charge < -0.3 is 14.2 Å². The number of rotatable bonds is 11. The van der Waals surface area contributed by atoms with E-state index in [4.69, 9.17) is 14.2 Å². The number of carbonyl (C=O) groups excluding carboxylic acids is 1. The molecule has 0 spiro atoms. The highest BCUT2D eigenvalue weighted by Gasteiger charge is 2.23. The smallest absolute Gasteiger partial charge is 0.347 e. The van der Waals surface area contributed by atoms with Gasteiger partial charge in [0.25, 0.3) is 0 Å². The predicted molar refractivity (Wildman–Crippen MR) is 113 cm³/mol. The van der Waals surface area contributed by atoms with Gasteiger partial charge >= 0.3 is 11.7 Å². The van der Waals surface area contributed by atoms with Crippen LogP contribution >= 0.6 is 15.9 Å². The van der Waals surface area contributed by atoms with Crippen LogP contribution < -0.4 is 9.47 Å². The molecule has 29 heavy (non-hydrogen) atoms. The van der Waals surface area contributed by atoms with Gasteiger partial charge in [0.2, 0.25) is 5.75 Å². The van der Waals surface area contributed by atoms with Crippen molar-refractivity contribution in [3.05, 3.63) is 57.1 Å². The Bertz CT molecular complexity index is 824. The molecule has 0 fully saturated rings. The van der Waals surface area contributed by atoms with E-state index in [-0.39, 0.29) is 11.4 Å². The first-order chi connectivity index (χ1) is 13.9. The highest BCUT2D eigenvalue weighted by atomic mass is 79.9. The average Bonchev–Trinajstić information content (AvgIpc) is 2.69. The molecule has 2 aromatic rings. The van der Waals surface area contributed by atoms with Crippen molar-refractivity contribution in [3.63, 3.8) is 0 Å². The Balaban J connectivity index is 2.05. The lowest BCUT2D eigenvalue weighted by molar-refractivity contribution is -0.386. The number of benzene rings is 2. The van der Waals surface area contributed by atoms with E-state index in [1.807, 2.05) is 12.1 Å². The van der Waals surface area contributed by atoms with Gasteiger partial charge in [-0.3, -0.25) is 10.1 Å². The summed E-state index contributed by atoms with van der Waals surface area (Å²) in [7, 11) is 0. The molecule has 0 aromatic heterocycles. The standard InChI is InChI=1S/C21H24BrNO6/c1-3-4-5-6-13-27-21(24)15(2)28-20-14-18(11-12-19(20)23(25)26)29-17-9-7-16(22)8-10-17/h7-12,14-15H,3-6,13H2,1-2H3. The van der Waals surface area contributed by atoms with Gasteiger partial charge in [-0.05, 0) is 43.7 Å². The zero-order valence-electron chi connectivity index (χ0n) is 16.4. The van der Waals surface area contributed by atoms with Crippen LogP contribution in [0.4, 0.5) is 5.69 Å². The zero-order valence-corrected chi connectivity index (χ0v) is 18.0. The minimum absolute atomic E-state index is 0.0555. The van der Waals surface area contributed by atoms with Gasteiger partial charge in [-0.25, -0.2) is 4.79 Å². The maximum atomic E-state index is 12.1. The molecule has 2 aromatic carbocycles. The van der Waals surface area contributed by atoms with E-state index < -0.39 is 17.0 Å². The number of hydrogen-bond donors (Lipinski definition) is 0. The fourth-order valence-corrected chi connectivity index (χ4v) is 2.76. The van der Waals surface area contributed by atoms with Crippen LogP contribution in [0.2, 0.25) is 0 Å². The molecule has 0 heterocycles. The second-order valence-electron chi connectivity index (χ2n) is 6.43. The number of nitrogens with zero attached hydrogens (tertiary/aromatic N) is 1. The molecule has 0 radical (unpaired) electrons. The van der Waals surface area contributed by atoms with Crippen LogP contribution in [0.3, 0.4) is 0 Å². The van der Waals surface area contributed by atoms with E-state index in [0.717, 1.165) is 30.2 Å². The monoisotopic (exact) mass is 465 g/mol. The Hall–Kier alpha value is -2.61. The molecule has 0 saturated heterocycles. The third-order valence-corrected chi connectivity index (χ3v) is 4.58. The van der Waals surface area contributed by atoms with Crippen LogP contribution in [0, 0.1) is 10.1 Å². The number of unbranched alkanes of at least 4 members (excludes halogenated alkanes) is 3. The van der Waals surface area contributed by atoms with E-state index in [2.05, 4.69) is 22.9 Å². The SMILES string of the molecule is CCCCCCOC(=O)C(C)Oc1cc(Oc2ccc(Br)cc2)ccc1[N+](=O)[O-]. The molecule has 0 aliphatic rings. The number of esters is 1. The first-order valence-corrected chi connectivity index (χ1v) is 10.2. The van der Waals surface area contributed by atoms with E-state index in [0.29, 0.717) is 18.1 Å². The molecule has 7 nitrogen and oxygen atoms in total. The molecule has 0 amide bonds. The predicted octanol–water partition coefficient (Wildman–Crippen LogP) is 6.04. The summed E-state index contributed by atoms with van der Waals surface area (Å²) in [5.41, 5.74) is -0.254. The van der Waals surface area contributed by atoms with Crippen molar-refractivity contribution in [2.45, 2.75) is 45.6 Å². The molecule has 2 rings (SSSR count). The van der Waals surface area contributed by atoms with Crippen molar-refractivity contribution >= 4 is 27.6 Å². The van der Waals surface area contributed by atoms with Crippen LogP contribution in [0.25, 0.3) is 0 Å². The third-order valence-electron chi connectivity index (χ3n) is 4.06. The fraction of sp³-hybridized carbons (Fsp3) is 0.381. The van der Waals surface area contributed by atoms with Gasteiger partial charge in [0.05, 0.1) is 11.5 Å². The van der Waals surface area contributed by atoms with Gasteiger partial charge in [0, 0.05) is 16.6 Å². The van der Waals surface area contributed by atoms with E-state index in [9.17, 15) is 14.9 Å². The summed E-state index contributed by atoms with van der Waals surface area (Å²) in [5, 5.41) is 11.3. The summed E-state index contributed by atoms with van der Waals surface area (Å²) in [5.74, 6) is 0.302.